The summed E-state index contributed by atoms with van der Waals surface area (Å²) in [5, 5.41) is 8.49. The number of carboxylic acid groups (broad SMARTS) is 1. The maximum atomic E-state index is 10.3. The van der Waals surface area contributed by atoms with Crippen molar-refractivity contribution in [3.05, 3.63) is 24.3 Å². The molecule has 0 bridgehead atoms. The summed E-state index contributed by atoms with van der Waals surface area (Å²) in [5.74, 6) is -0.688. The molecule has 0 fully saturated rings. The summed E-state index contributed by atoms with van der Waals surface area (Å²) in [5.41, 5.74) is 0. The first-order valence-corrected chi connectivity index (χ1v) is 8.29. The molecule has 0 amide bonds. The van der Waals surface area contributed by atoms with E-state index in [1.54, 1.807) is 0 Å². The Balaban J connectivity index is 3.20. The molecule has 0 saturated carbocycles. The van der Waals surface area contributed by atoms with Gasteiger partial charge in [0.1, 0.15) is 0 Å². The van der Waals surface area contributed by atoms with Crippen molar-refractivity contribution in [3.63, 3.8) is 0 Å². The van der Waals surface area contributed by atoms with E-state index >= 15 is 0 Å². The zero-order chi connectivity index (χ0) is 14.9. The summed E-state index contributed by atoms with van der Waals surface area (Å²) >= 11 is 0. The van der Waals surface area contributed by atoms with Crippen LogP contribution in [0.15, 0.2) is 24.3 Å². The van der Waals surface area contributed by atoms with E-state index in [1.165, 1.54) is 44.9 Å². The highest BCUT2D eigenvalue weighted by atomic mass is 16.4. The lowest BCUT2D eigenvalue weighted by Crippen LogP contribution is -1.92. The van der Waals surface area contributed by atoms with Crippen molar-refractivity contribution in [2.75, 3.05) is 0 Å². The highest BCUT2D eigenvalue weighted by Gasteiger charge is 1.93. The van der Waals surface area contributed by atoms with Crippen LogP contribution in [0.3, 0.4) is 0 Å². The first-order chi connectivity index (χ1) is 9.77. The van der Waals surface area contributed by atoms with Gasteiger partial charge in [-0.3, -0.25) is 4.79 Å². The molecule has 0 aliphatic rings. The Bertz CT molecular complexity index is 267. The van der Waals surface area contributed by atoms with E-state index in [0.29, 0.717) is 6.42 Å². The Morgan fingerprint density at radius 3 is 1.95 bits per heavy atom. The maximum absolute atomic E-state index is 10.3. The maximum Gasteiger partial charge on any atom is 0.303 e. The van der Waals surface area contributed by atoms with Gasteiger partial charge < -0.3 is 5.11 Å². The summed E-state index contributed by atoms with van der Waals surface area (Å²) in [6.07, 6.45) is 22.3. The van der Waals surface area contributed by atoms with Crippen LogP contribution in [0.25, 0.3) is 0 Å². The molecule has 0 aliphatic heterocycles. The zero-order valence-corrected chi connectivity index (χ0v) is 13.2. The van der Waals surface area contributed by atoms with E-state index in [0.717, 1.165) is 25.7 Å². The predicted molar refractivity (Wildman–Crippen MR) is 87.0 cm³/mol. The third-order valence-corrected chi connectivity index (χ3v) is 3.34. The molecule has 0 aromatic carbocycles. The van der Waals surface area contributed by atoms with Crippen LogP contribution in [0.5, 0.6) is 0 Å². The summed E-state index contributed by atoms with van der Waals surface area (Å²) in [7, 11) is 0. The molecule has 0 radical (unpaired) electrons. The third kappa shape index (κ3) is 16.9. The number of aliphatic carboxylic acids is 1. The molecule has 116 valence electrons. The Kier molecular flexibility index (Phi) is 15.2. The van der Waals surface area contributed by atoms with Crippen molar-refractivity contribution in [1.29, 1.82) is 0 Å². The van der Waals surface area contributed by atoms with Gasteiger partial charge in [0, 0.05) is 6.42 Å². The molecule has 0 atom stereocenters. The standard InChI is InChI=1S/C18H32O2/c1-2-3-4-5-6-7-8-9-10-11-12-13-14-15-16-17-18(19)20/h9-10,12-13H,2-8,11,14-17H2,1H3,(H,19,20)/b10-9+,13-12-. The molecule has 0 aromatic heterocycles. The average Bonchev–Trinajstić information content (AvgIpc) is 2.43. The Morgan fingerprint density at radius 1 is 0.800 bits per heavy atom. The topological polar surface area (TPSA) is 37.3 Å². The second kappa shape index (κ2) is 16.0. The lowest BCUT2D eigenvalue weighted by atomic mass is 10.1. The fraction of sp³-hybridized carbons (Fsp3) is 0.722. The number of carbonyl (C=O) groups is 1. The molecule has 2 nitrogen and oxygen atoms in total. The van der Waals surface area contributed by atoms with Crippen LogP contribution >= 0.6 is 0 Å². The molecule has 20 heavy (non-hydrogen) atoms. The molecule has 0 rings (SSSR count). The van der Waals surface area contributed by atoms with Crippen molar-refractivity contribution >= 4 is 5.97 Å². The van der Waals surface area contributed by atoms with Gasteiger partial charge in [-0.2, -0.15) is 0 Å². The lowest BCUT2D eigenvalue weighted by Gasteiger charge is -1.97. The van der Waals surface area contributed by atoms with Gasteiger partial charge in [-0.05, 0) is 38.5 Å². The van der Waals surface area contributed by atoms with Gasteiger partial charge in [0.2, 0.25) is 0 Å². The van der Waals surface area contributed by atoms with Crippen molar-refractivity contribution in [3.8, 4) is 0 Å². The van der Waals surface area contributed by atoms with E-state index in [2.05, 4.69) is 31.2 Å². The van der Waals surface area contributed by atoms with Crippen LogP contribution in [-0.4, -0.2) is 11.1 Å². The van der Waals surface area contributed by atoms with Gasteiger partial charge in [-0.15, -0.1) is 0 Å². The first kappa shape index (κ1) is 18.9. The van der Waals surface area contributed by atoms with Gasteiger partial charge in [-0.25, -0.2) is 0 Å². The highest BCUT2D eigenvalue weighted by Crippen LogP contribution is 2.07. The molecule has 0 unspecified atom stereocenters. The quantitative estimate of drug-likeness (QED) is 0.318. The molecule has 0 spiro atoms. The van der Waals surface area contributed by atoms with E-state index < -0.39 is 5.97 Å². The lowest BCUT2D eigenvalue weighted by molar-refractivity contribution is -0.137. The van der Waals surface area contributed by atoms with Crippen LogP contribution in [0.2, 0.25) is 0 Å². The summed E-state index contributed by atoms with van der Waals surface area (Å²) in [6.45, 7) is 2.25. The Morgan fingerprint density at radius 2 is 1.35 bits per heavy atom. The van der Waals surface area contributed by atoms with Crippen LogP contribution in [0, 0.1) is 0 Å². The normalized spacial score (nSPS) is 11.7. The number of unbranched alkanes of at least 4 members (excludes halogenated alkanes) is 8. The molecule has 0 aromatic rings. The number of hydrogen-bond acceptors (Lipinski definition) is 1. The molecule has 1 N–H and O–H groups in total. The smallest absolute Gasteiger partial charge is 0.303 e. The second-order valence-corrected chi connectivity index (χ2v) is 5.37. The number of rotatable bonds is 14. The molecular formula is C18H32O2. The minimum Gasteiger partial charge on any atom is -0.481 e. The predicted octanol–water partition coefficient (Wildman–Crippen LogP) is 5.88. The molecule has 0 saturated heterocycles. The number of carboxylic acids is 1. The summed E-state index contributed by atoms with van der Waals surface area (Å²) in [6, 6.07) is 0. The molecule has 0 aliphatic carbocycles. The molecular weight excluding hydrogens is 248 g/mol. The minimum atomic E-state index is -0.688. The Labute approximate surface area is 125 Å². The largest absolute Gasteiger partial charge is 0.481 e. The minimum absolute atomic E-state index is 0.298. The van der Waals surface area contributed by atoms with Crippen molar-refractivity contribution in [2.45, 2.75) is 84.0 Å². The van der Waals surface area contributed by atoms with Gasteiger partial charge in [0.15, 0.2) is 0 Å². The van der Waals surface area contributed by atoms with Crippen LogP contribution in [0.1, 0.15) is 84.0 Å². The van der Waals surface area contributed by atoms with Gasteiger partial charge >= 0.3 is 5.97 Å². The summed E-state index contributed by atoms with van der Waals surface area (Å²) < 4.78 is 0. The van der Waals surface area contributed by atoms with Crippen molar-refractivity contribution in [2.24, 2.45) is 0 Å². The average molecular weight is 280 g/mol. The third-order valence-electron chi connectivity index (χ3n) is 3.34. The van der Waals surface area contributed by atoms with Gasteiger partial charge in [0.05, 0.1) is 0 Å². The molecule has 2 heteroatoms. The number of allylic oxidation sites excluding steroid dienone is 4. The van der Waals surface area contributed by atoms with Crippen LogP contribution in [-0.2, 0) is 4.79 Å². The Hall–Kier alpha value is -1.05. The van der Waals surface area contributed by atoms with Crippen LogP contribution in [0.4, 0.5) is 0 Å². The summed E-state index contributed by atoms with van der Waals surface area (Å²) in [4.78, 5) is 10.3. The van der Waals surface area contributed by atoms with Crippen molar-refractivity contribution < 1.29 is 9.90 Å². The van der Waals surface area contributed by atoms with Crippen LogP contribution < -0.4 is 0 Å². The van der Waals surface area contributed by atoms with Crippen molar-refractivity contribution in [1.82, 2.24) is 0 Å². The number of hydrogen-bond donors (Lipinski definition) is 1. The fourth-order valence-corrected chi connectivity index (χ4v) is 2.09. The van der Waals surface area contributed by atoms with E-state index in [4.69, 9.17) is 5.11 Å². The zero-order valence-electron chi connectivity index (χ0n) is 13.2. The first-order valence-electron chi connectivity index (χ1n) is 8.29. The molecule has 0 heterocycles. The fourth-order valence-electron chi connectivity index (χ4n) is 2.09. The van der Waals surface area contributed by atoms with Gasteiger partial charge in [0.25, 0.3) is 0 Å². The van der Waals surface area contributed by atoms with E-state index in [1.807, 2.05) is 0 Å². The monoisotopic (exact) mass is 280 g/mol. The van der Waals surface area contributed by atoms with E-state index in [9.17, 15) is 4.79 Å². The highest BCUT2D eigenvalue weighted by molar-refractivity contribution is 5.66. The second-order valence-electron chi connectivity index (χ2n) is 5.37. The van der Waals surface area contributed by atoms with Gasteiger partial charge in [-0.1, -0.05) is 63.3 Å². The SMILES string of the molecule is CCCCCCCC/C=C/C/C=C\CCCCC(=O)O. The van der Waals surface area contributed by atoms with E-state index in [-0.39, 0.29) is 0 Å².